The number of carbonyl (C=O) groups excluding carboxylic acids is 1. The molecule has 2 aliphatic heterocycles. The van der Waals surface area contributed by atoms with E-state index in [1.807, 2.05) is 30.3 Å². The number of amides is 1. The third-order valence-corrected chi connectivity index (χ3v) is 5.28. The van der Waals surface area contributed by atoms with Gasteiger partial charge in [-0.15, -0.1) is 0 Å². The van der Waals surface area contributed by atoms with Crippen LogP contribution in [0.5, 0.6) is 0 Å². The molecule has 0 aliphatic carbocycles. The molecular weight excluding hydrogens is 378 g/mol. The van der Waals surface area contributed by atoms with E-state index < -0.39 is 0 Å². The zero-order valence-corrected chi connectivity index (χ0v) is 16.4. The average molecular weight is 402 g/mol. The Labute approximate surface area is 169 Å². The summed E-state index contributed by atoms with van der Waals surface area (Å²) in [6, 6.07) is 9.62. The Bertz CT molecular complexity index is 835. The quantitative estimate of drug-likeness (QED) is 0.766. The molecule has 28 heavy (non-hydrogen) atoms. The average Bonchev–Trinajstić information content (AvgIpc) is 2.75. The first-order valence-electron chi connectivity index (χ1n) is 9.68. The fourth-order valence-corrected chi connectivity index (χ4v) is 3.76. The molecule has 148 valence electrons. The summed E-state index contributed by atoms with van der Waals surface area (Å²) >= 11 is 6.19. The summed E-state index contributed by atoms with van der Waals surface area (Å²) in [5, 5.41) is 6.52. The van der Waals surface area contributed by atoms with Gasteiger partial charge >= 0.3 is 0 Å². The number of halogens is 1. The van der Waals surface area contributed by atoms with Crippen molar-refractivity contribution in [3.63, 3.8) is 0 Å². The molecule has 0 unspecified atom stereocenters. The van der Waals surface area contributed by atoms with Gasteiger partial charge in [0.1, 0.15) is 5.82 Å². The maximum absolute atomic E-state index is 12.5. The molecule has 7 nitrogen and oxygen atoms in total. The summed E-state index contributed by atoms with van der Waals surface area (Å²) in [4.78, 5) is 23.4. The number of hydrogen-bond donors (Lipinski definition) is 2. The van der Waals surface area contributed by atoms with E-state index >= 15 is 0 Å². The van der Waals surface area contributed by atoms with E-state index in [1.54, 1.807) is 0 Å². The van der Waals surface area contributed by atoms with Crippen molar-refractivity contribution < 1.29 is 9.53 Å². The number of anilines is 2. The van der Waals surface area contributed by atoms with Crippen LogP contribution in [0.25, 0.3) is 11.3 Å². The second-order valence-corrected chi connectivity index (χ2v) is 7.43. The molecule has 2 aromatic rings. The molecule has 8 heteroatoms. The monoisotopic (exact) mass is 401 g/mol. The molecule has 0 spiro atoms. The Morgan fingerprint density at radius 2 is 2.11 bits per heavy atom. The van der Waals surface area contributed by atoms with Gasteiger partial charge in [0.15, 0.2) is 0 Å². The van der Waals surface area contributed by atoms with Crippen LogP contribution in [0.1, 0.15) is 12.8 Å². The Morgan fingerprint density at radius 3 is 2.89 bits per heavy atom. The lowest BCUT2D eigenvalue weighted by molar-refractivity contribution is -0.120. The van der Waals surface area contributed by atoms with Gasteiger partial charge < -0.3 is 20.3 Å². The first-order chi connectivity index (χ1) is 13.7. The molecule has 4 rings (SSSR count). The molecule has 2 N–H and O–H groups in total. The van der Waals surface area contributed by atoms with Crippen molar-refractivity contribution in [2.24, 2.45) is 5.92 Å². The van der Waals surface area contributed by atoms with Crippen LogP contribution >= 0.6 is 11.6 Å². The third-order valence-electron chi connectivity index (χ3n) is 5.11. The molecule has 2 saturated heterocycles. The maximum atomic E-state index is 12.5. The molecule has 1 amide bonds. The summed E-state index contributed by atoms with van der Waals surface area (Å²) in [5.74, 6) is 0.860. The number of nitrogens with zero attached hydrogens (tertiary/aromatic N) is 3. The molecule has 0 saturated carbocycles. The number of ether oxygens (including phenoxy) is 1. The Kier molecular flexibility index (Phi) is 6.04. The molecule has 2 aliphatic rings. The number of piperidine rings is 1. The van der Waals surface area contributed by atoms with Gasteiger partial charge in [0.25, 0.3) is 0 Å². The Hall–Kier alpha value is -2.22. The van der Waals surface area contributed by atoms with E-state index in [4.69, 9.17) is 16.3 Å². The van der Waals surface area contributed by atoms with Gasteiger partial charge in [-0.25, -0.2) is 9.97 Å². The lowest BCUT2D eigenvalue weighted by Crippen LogP contribution is -2.37. The van der Waals surface area contributed by atoms with Gasteiger partial charge in [0.05, 0.1) is 24.8 Å². The number of hydrogen-bond acceptors (Lipinski definition) is 6. The second-order valence-electron chi connectivity index (χ2n) is 7.09. The first kappa shape index (κ1) is 19.1. The smallest absolute Gasteiger partial charge is 0.228 e. The normalized spacial score (nSPS) is 20.0. The van der Waals surface area contributed by atoms with Crippen LogP contribution in [0.15, 0.2) is 30.3 Å². The van der Waals surface area contributed by atoms with E-state index in [1.165, 1.54) is 0 Å². The standard InChI is InChI=1S/C20H24ClN5O2/c21-20-24-17(12-18(25-20)26-7-9-28-10-8-26)14-3-1-5-16(11-14)23-19(27)15-4-2-6-22-13-15/h1,3,5,11-12,15,22H,2,4,6-10,13H2,(H,23,27)/t15-/m0/s1. The zero-order chi connectivity index (χ0) is 19.3. The summed E-state index contributed by atoms with van der Waals surface area (Å²) in [6.07, 6.45) is 1.95. The van der Waals surface area contributed by atoms with E-state index in [0.29, 0.717) is 13.2 Å². The molecule has 1 aromatic carbocycles. The predicted octanol–water partition coefficient (Wildman–Crippen LogP) is 2.57. The van der Waals surface area contributed by atoms with Crippen LogP contribution in [0.4, 0.5) is 11.5 Å². The van der Waals surface area contributed by atoms with Crippen molar-refractivity contribution >= 4 is 29.0 Å². The summed E-state index contributed by atoms with van der Waals surface area (Å²) in [6.45, 7) is 4.62. The highest BCUT2D eigenvalue weighted by molar-refractivity contribution is 6.28. The van der Waals surface area contributed by atoms with Crippen molar-refractivity contribution in [1.29, 1.82) is 0 Å². The van der Waals surface area contributed by atoms with Gasteiger partial charge in [0.2, 0.25) is 11.2 Å². The number of morpholine rings is 1. The van der Waals surface area contributed by atoms with Crippen LogP contribution in [0.3, 0.4) is 0 Å². The molecule has 0 bridgehead atoms. The number of benzene rings is 1. The fourth-order valence-electron chi connectivity index (χ4n) is 3.58. The molecule has 2 fully saturated rings. The van der Waals surface area contributed by atoms with Gasteiger partial charge in [-0.05, 0) is 43.1 Å². The largest absolute Gasteiger partial charge is 0.378 e. The maximum Gasteiger partial charge on any atom is 0.228 e. The van der Waals surface area contributed by atoms with Gasteiger partial charge in [-0.1, -0.05) is 12.1 Å². The van der Waals surface area contributed by atoms with Crippen molar-refractivity contribution in [2.45, 2.75) is 12.8 Å². The second kappa shape index (κ2) is 8.86. The topological polar surface area (TPSA) is 79.4 Å². The van der Waals surface area contributed by atoms with Gasteiger partial charge in [0, 0.05) is 37.0 Å². The zero-order valence-electron chi connectivity index (χ0n) is 15.7. The van der Waals surface area contributed by atoms with E-state index in [0.717, 1.165) is 61.8 Å². The van der Waals surface area contributed by atoms with Crippen molar-refractivity contribution in [1.82, 2.24) is 15.3 Å². The summed E-state index contributed by atoms with van der Waals surface area (Å²) in [7, 11) is 0. The van der Waals surface area contributed by atoms with Crippen molar-refractivity contribution in [3.8, 4) is 11.3 Å². The van der Waals surface area contributed by atoms with Gasteiger partial charge in [-0.3, -0.25) is 4.79 Å². The van der Waals surface area contributed by atoms with Crippen LogP contribution in [0.2, 0.25) is 5.28 Å². The van der Waals surface area contributed by atoms with E-state index in [2.05, 4.69) is 25.5 Å². The highest BCUT2D eigenvalue weighted by atomic mass is 35.5. The lowest BCUT2D eigenvalue weighted by atomic mass is 9.98. The number of nitrogens with one attached hydrogen (secondary N) is 2. The van der Waals surface area contributed by atoms with E-state index in [9.17, 15) is 4.79 Å². The third kappa shape index (κ3) is 4.60. The highest BCUT2D eigenvalue weighted by Gasteiger charge is 2.21. The minimum absolute atomic E-state index is 0.0128. The Balaban J connectivity index is 1.53. The van der Waals surface area contributed by atoms with Crippen molar-refractivity contribution in [2.75, 3.05) is 49.6 Å². The minimum atomic E-state index is 0.0128. The molecule has 1 atom stereocenters. The van der Waals surface area contributed by atoms with Gasteiger partial charge in [-0.2, -0.15) is 0 Å². The number of carbonyl (C=O) groups is 1. The number of rotatable bonds is 4. The minimum Gasteiger partial charge on any atom is -0.378 e. The summed E-state index contributed by atoms with van der Waals surface area (Å²) in [5.41, 5.74) is 2.38. The predicted molar refractivity (Wildman–Crippen MR) is 110 cm³/mol. The van der Waals surface area contributed by atoms with Crippen molar-refractivity contribution in [3.05, 3.63) is 35.6 Å². The Morgan fingerprint density at radius 1 is 1.25 bits per heavy atom. The highest BCUT2D eigenvalue weighted by Crippen LogP contribution is 2.26. The van der Waals surface area contributed by atoms with E-state index in [-0.39, 0.29) is 17.1 Å². The first-order valence-corrected chi connectivity index (χ1v) is 10.1. The summed E-state index contributed by atoms with van der Waals surface area (Å²) < 4.78 is 5.41. The van der Waals surface area contributed by atoms with Crippen LogP contribution < -0.4 is 15.5 Å². The SMILES string of the molecule is O=C(Nc1cccc(-c2cc(N3CCOCC3)nc(Cl)n2)c1)[C@H]1CCCNC1. The molecule has 3 heterocycles. The lowest BCUT2D eigenvalue weighted by Gasteiger charge is -2.28. The van der Waals surface area contributed by atoms with Crippen LogP contribution in [0, 0.1) is 5.92 Å². The molecule has 0 radical (unpaired) electrons. The molecular formula is C20H24ClN5O2. The molecule has 1 aromatic heterocycles. The fraction of sp³-hybridized carbons (Fsp3) is 0.450. The number of aromatic nitrogens is 2. The van der Waals surface area contributed by atoms with Crippen LogP contribution in [-0.2, 0) is 9.53 Å². The van der Waals surface area contributed by atoms with Crippen LogP contribution in [-0.4, -0.2) is 55.3 Å².